The third-order valence-electron chi connectivity index (χ3n) is 3.63. The van der Waals surface area contributed by atoms with Crippen LogP contribution in [-0.2, 0) is 4.79 Å². The largest absolute Gasteiger partial charge is 0.441 e. The van der Waals surface area contributed by atoms with Crippen LogP contribution in [0.4, 0.5) is 0 Å². The molecule has 0 unspecified atom stereocenters. The van der Waals surface area contributed by atoms with Crippen LogP contribution in [0, 0.1) is 13.8 Å². The lowest BCUT2D eigenvalue weighted by Crippen LogP contribution is -2.10. The minimum absolute atomic E-state index is 0.0303. The van der Waals surface area contributed by atoms with E-state index >= 15 is 0 Å². The van der Waals surface area contributed by atoms with E-state index in [1.54, 1.807) is 37.3 Å². The van der Waals surface area contributed by atoms with Crippen molar-refractivity contribution < 1.29 is 18.7 Å². The highest BCUT2D eigenvalue weighted by molar-refractivity contribution is 5.97. The summed E-state index contributed by atoms with van der Waals surface area (Å²) in [6.07, 6.45) is 0.149. The number of hydrogen-bond donors (Lipinski definition) is 0. The lowest BCUT2D eigenvalue weighted by atomic mass is 10.1. The summed E-state index contributed by atoms with van der Waals surface area (Å²) in [4.78, 5) is 28.2. The highest BCUT2D eigenvalue weighted by Crippen LogP contribution is 2.21. The normalized spacial score (nSPS) is 10.8. The molecular weight excluding hydrogens is 306 g/mol. The Bertz CT molecular complexity index is 893. The standard InChI is InChI=1S/C19H17NO4/c1-12-3-5-14(6-4-12)17(21)8-10-19(22)24-15-7-9-18-16(11-15)20-13(2)23-18/h3-7,9,11H,8,10H2,1-2H3. The monoisotopic (exact) mass is 323 g/mol. The Morgan fingerprint density at radius 3 is 2.54 bits per heavy atom. The molecule has 0 radical (unpaired) electrons. The summed E-state index contributed by atoms with van der Waals surface area (Å²) >= 11 is 0. The molecule has 0 aliphatic carbocycles. The Hall–Kier alpha value is -2.95. The van der Waals surface area contributed by atoms with Gasteiger partial charge in [-0.1, -0.05) is 29.8 Å². The number of nitrogens with zero attached hydrogens (tertiary/aromatic N) is 1. The molecule has 0 fully saturated rings. The van der Waals surface area contributed by atoms with E-state index in [4.69, 9.17) is 9.15 Å². The Labute approximate surface area is 139 Å². The second kappa shape index (κ2) is 6.66. The van der Waals surface area contributed by atoms with E-state index in [9.17, 15) is 9.59 Å². The Kier molecular flexibility index (Phi) is 4.42. The lowest BCUT2D eigenvalue weighted by Gasteiger charge is -2.04. The van der Waals surface area contributed by atoms with Crippen LogP contribution in [0.3, 0.4) is 0 Å². The predicted octanol–water partition coefficient (Wildman–Crippen LogP) is 4.01. The number of esters is 1. The molecule has 0 atom stereocenters. The fourth-order valence-electron chi connectivity index (χ4n) is 2.37. The molecule has 0 saturated heterocycles. The first kappa shape index (κ1) is 15.9. The second-order valence-electron chi connectivity index (χ2n) is 5.63. The van der Waals surface area contributed by atoms with Gasteiger partial charge in [0.25, 0.3) is 0 Å². The number of carbonyl (C=O) groups excluding carboxylic acids is 2. The smallest absolute Gasteiger partial charge is 0.311 e. The molecule has 1 aromatic heterocycles. The van der Waals surface area contributed by atoms with E-state index in [0.29, 0.717) is 28.3 Å². The van der Waals surface area contributed by atoms with Crippen LogP contribution in [0.1, 0.15) is 34.7 Å². The second-order valence-corrected chi connectivity index (χ2v) is 5.63. The van der Waals surface area contributed by atoms with E-state index in [-0.39, 0.29) is 18.6 Å². The van der Waals surface area contributed by atoms with Crippen molar-refractivity contribution in [2.24, 2.45) is 0 Å². The number of rotatable bonds is 5. The first-order chi connectivity index (χ1) is 11.5. The third-order valence-corrected chi connectivity index (χ3v) is 3.63. The molecule has 0 bridgehead atoms. The van der Waals surface area contributed by atoms with Crippen LogP contribution in [0.15, 0.2) is 46.9 Å². The molecule has 5 nitrogen and oxygen atoms in total. The predicted molar refractivity (Wildman–Crippen MR) is 89.1 cm³/mol. The zero-order valence-corrected chi connectivity index (χ0v) is 13.5. The zero-order valence-electron chi connectivity index (χ0n) is 13.5. The van der Waals surface area contributed by atoms with Gasteiger partial charge in [0.15, 0.2) is 17.3 Å². The Morgan fingerprint density at radius 1 is 1.04 bits per heavy atom. The molecule has 24 heavy (non-hydrogen) atoms. The highest BCUT2D eigenvalue weighted by atomic mass is 16.5. The number of benzene rings is 2. The molecule has 0 aliphatic heterocycles. The summed E-state index contributed by atoms with van der Waals surface area (Å²) in [5, 5.41) is 0. The molecule has 0 spiro atoms. The van der Waals surface area contributed by atoms with Crippen LogP contribution < -0.4 is 4.74 Å². The van der Waals surface area contributed by atoms with Crippen molar-refractivity contribution in [2.45, 2.75) is 26.7 Å². The van der Waals surface area contributed by atoms with Crippen LogP contribution in [0.25, 0.3) is 11.1 Å². The molecule has 0 amide bonds. The maximum absolute atomic E-state index is 12.1. The fourth-order valence-corrected chi connectivity index (χ4v) is 2.37. The van der Waals surface area contributed by atoms with Gasteiger partial charge in [-0.25, -0.2) is 4.98 Å². The molecule has 122 valence electrons. The first-order valence-corrected chi connectivity index (χ1v) is 7.69. The summed E-state index contributed by atoms with van der Waals surface area (Å²) in [6, 6.07) is 12.3. The molecule has 1 heterocycles. The van der Waals surface area contributed by atoms with Crippen molar-refractivity contribution >= 4 is 22.9 Å². The summed E-state index contributed by atoms with van der Waals surface area (Å²) < 4.78 is 10.6. The van der Waals surface area contributed by atoms with Gasteiger partial charge in [0, 0.05) is 25.0 Å². The number of aromatic nitrogens is 1. The van der Waals surface area contributed by atoms with Crippen molar-refractivity contribution in [3.63, 3.8) is 0 Å². The quantitative estimate of drug-likeness (QED) is 0.403. The average Bonchev–Trinajstić information content (AvgIpc) is 2.92. The van der Waals surface area contributed by atoms with Gasteiger partial charge in [0.1, 0.15) is 11.3 Å². The molecule has 3 rings (SSSR count). The number of fused-ring (bicyclic) bond motifs is 1. The van der Waals surface area contributed by atoms with Crippen LogP contribution >= 0.6 is 0 Å². The van der Waals surface area contributed by atoms with Gasteiger partial charge in [-0.2, -0.15) is 0 Å². The maximum atomic E-state index is 12.1. The molecule has 3 aromatic rings. The number of Topliss-reactive ketones (excluding diaryl/α,β-unsaturated/α-hetero) is 1. The summed E-state index contributed by atoms with van der Waals surface area (Å²) in [6.45, 7) is 3.71. The van der Waals surface area contributed by atoms with E-state index in [2.05, 4.69) is 4.98 Å². The average molecular weight is 323 g/mol. The Balaban J connectivity index is 1.58. The van der Waals surface area contributed by atoms with Crippen LogP contribution in [0.5, 0.6) is 5.75 Å². The van der Waals surface area contributed by atoms with Gasteiger partial charge < -0.3 is 9.15 Å². The SMILES string of the molecule is Cc1ccc(C(=O)CCC(=O)Oc2ccc3oc(C)nc3c2)cc1. The van der Waals surface area contributed by atoms with Gasteiger partial charge in [-0.15, -0.1) is 0 Å². The third kappa shape index (κ3) is 3.68. The van der Waals surface area contributed by atoms with Crippen LogP contribution in [-0.4, -0.2) is 16.7 Å². The number of aryl methyl sites for hydroxylation is 2. The van der Waals surface area contributed by atoms with Gasteiger partial charge >= 0.3 is 5.97 Å². The maximum Gasteiger partial charge on any atom is 0.311 e. The van der Waals surface area contributed by atoms with Gasteiger partial charge in [0.05, 0.1) is 6.42 Å². The molecular formula is C19H17NO4. The summed E-state index contributed by atoms with van der Waals surface area (Å²) in [7, 11) is 0. The van der Waals surface area contributed by atoms with Crippen molar-refractivity contribution in [3.05, 3.63) is 59.5 Å². The van der Waals surface area contributed by atoms with Crippen molar-refractivity contribution in [1.82, 2.24) is 4.98 Å². The number of ketones is 1. The minimum atomic E-state index is -0.449. The minimum Gasteiger partial charge on any atom is -0.441 e. The van der Waals surface area contributed by atoms with E-state index in [1.165, 1.54) is 0 Å². The van der Waals surface area contributed by atoms with Gasteiger partial charge in [-0.05, 0) is 19.1 Å². The van der Waals surface area contributed by atoms with Gasteiger partial charge in [0.2, 0.25) is 0 Å². The Morgan fingerprint density at radius 2 is 1.79 bits per heavy atom. The molecule has 0 saturated carbocycles. The number of hydrogen-bond acceptors (Lipinski definition) is 5. The molecule has 5 heteroatoms. The van der Waals surface area contributed by atoms with Crippen molar-refractivity contribution in [1.29, 1.82) is 0 Å². The number of carbonyl (C=O) groups is 2. The fraction of sp³-hybridized carbons (Fsp3) is 0.211. The zero-order chi connectivity index (χ0) is 17.1. The molecule has 2 aromatic carbocycles. The molecule has 0 aliphatic rings. The van der Waals surface area contributed by atoms with Crippen molar-refractivity contribution in [2.75, 3.05) is 0 Å². The summed E-state index contributed by atoms with van der Waals surface area (Å²) in [5.74, 6) is 0.422. The number of ether oxygens (including phenoxy) is 1. The topological polar surface area (TPSA) is 69.4 Å². The summed E-state index contributed by atoms with van der Waals surface area (Å²) in [5.41, 5.74) is 2.97. The van der Waals surface area contributed by atoms with E-state index in [0.717, 1.165) is 5.56 Å². The highest BCUT2D eigenvalue weighted by Gasteiger charge is 2.12. The number of oxazole rings is 1. The lowest BCUT2D eigenvalue weighted by molar-refractivity contribution is -0.134. The van der Waals surface area contributed by atoms with E-state index in [1.807, 2.05) is 19.1 Å². The van der Waals surface area contributed by atoms with Crippen molar-refractivity contribution in [3.8, 4) is 5.75 Å². The van der Waals surface area contributed by atoms with E-state index < -0.39 is 5.97 Å². The molecule has 0 N–H and O–H groups in total. The van der Waals surface area contributed by atoms with Crippen LogP contribution in [0.2, 0.25) is 0 Å². The van der Waals surface area contributed by atoms with Gasteiger partial charge in [-0.3, -0.25) is 9.59 Å². The first-order valence-electron chi connectivity index (χ1n) is 7.69.